The summed E-state index contributed by atoms with van der Waals surface area (Å²) in [7, 11) is -1.33. The summed E-state index contributed by atoms with van der Waals surface area (Å²) < 4.78 is 30.7. The molecule has 1 N–H and O–H groups in total. The molecular weight excluding hydrogens is 252 g/mol. The van der Waals surface area contributed by atoms with Crippen LogP contribution in [0.15, 0.2) is 16.6 Å². The molecule has 76 valence electrons. The van der Waals surface area contributed by atoms with E-state index in [-0.39, 0.29) is 21.5 Å². The lowest BCUT2D eigenvalue weighted by Crippen LogP contribution is -2.00. The molecule has 0 bridgehead atoms. The number of ether oxygens (including phenoxy) is 2. The highest BCUT2D eigenvalue weighted by Crippen LogP contribution is 2.33. The van der Waals surface area contributed by atoms with Gasteiger partial charge in [0.2, 0.25) is 0 Å². The minimum atomic E-state index is -2.63. The van der Waals surface area contributed by atoms with Gasteiger partial charge in [0.1, 0.15) is 0 Å². The zero-order valence-corrected chi connectivity index (χ0v) is 8.79. The van der Waals surface area contributed by atoms with Crippen LogP contribution in [0.5, 0.6) is 11.5 Å². The van der Waals surface area contributed by atoms with E-state index in [0.717, 1.165) is 0 Å². The van der Waals surface area contributed by atoms with Crippen molar-refractivity contribution in [1.82, 2.24) is 0 Å². The number of carboxylic acids is 1. The average molecular weight is 264 g/mol. The second kappa shape index (κ2) is 4.32. The van der Waals surface area contributed by atoms with Gasteiger partial charge in [0.05, 0.1) is 23.8 Å². The van der Waals surface area contributed by atoms with Crippen molar-refractivity contribution >= 4 is 21.9 Å². The Bertz CT molecular complexity index is 445. The Morgan fingerprint density at radius 2 is 2.14 bits per heavy atom. The highest BCUT2D eigenvalue weighted by atomic mass is 79.9. The van der Waals surface area contributed by atoms with Crippen molar-refractivity contribution in [3.63, 3.8) is 0 Å². The number of carbonyl (C=O) groups is 1. The molecule has 0 saturated carbocycles. The van der Waals surface area contributed by atoms with E-state index >= 15 is 0 Å². The number of hydrogen-bond acceptors (Lipinski definition) is 3. The van der Waals surface area contributed by atoms with Gasteiger partial charge in [-0.1, -0.05) is 0 Å². The Hall–Kier alpha value is -1.23. The molecule has 0 atom stereocenters. The summed E-state index contributed by atoms with van der Waals surface area (Å²) >= 11 is 3.02. The summed E-state index contributed by atoms with van der Waals surface area (Å²) in [5.74, 6) is -1.17. The molecule has 0 aliphatic carbocycles. The number of carboxylic acid groups (broad SMARTS) is 1. The van der Waals surface area contributed by atoms with E-state index in [0.29, 0.717) is 0 Å². The molecule has 0 aromatic heterocycles. The Labute approximate surface area is 93.8 Å². The maximum Gasteiger partial charge on any atom is 0.336 e. The van der Waals surface area contributed by atoms with Crippen LogP contribution in [0.3, 0.4) is 0 Å². The number of methoxy groups -OCH3 is 2. The largest absolute Gasteiger partial charge is 0.493 e. The third kappa shape index (κ3) is 1.98. The zero-order chi connectivity index (χ0) is 13.2. The maximum absolute atomic E-state index is 10.8. The van der Waals surface area contributed by atoms with Crippen molar-refractivity contribution in [2.24, 2.45) is 0 Å². The van der Waals surface area contributed by atoms with E-state index in [9.17, 15) is 4.79 Å². The van der Waals surface area contributed by atoms with Gasteiger partial charge >= 0.3 is 5.97 Å². The Kier molecular flexibility index (Phi) is 2.20. The molecule has 0 unspecified atom stereocenters. The van der Waals surface area contributed by atoms with Gasteiger partial charge in [-0.2, -0.15) is 0 Å². The predicted octanol–water partition coefficient (Wildman–Crippen LogP) is 2.16. The lowest BCUT2D eigenvalue weighted by molar-refractivity contribution is 0.0695. The molecule has 0 heterocycles. The van der Waals surface area contributed by atoms with Gasteiger partial charge in [-0.05, 0) is 28.1 Å². The van der Waals surface area contributed by atoms with Crippen LogP contribution < -0.4 is 9.47 Å². The molecule has 0 spiro atoms. The maximum atomic E-state index is 10.8. The lowest BCUT2D eigenvalue weighted by Gasteiger charge is -2.09. The summed E-state index contributed by atoms with van der Waals surface area (Å²) in [6, 6.07) is 2.43. The molecule has 5 heteroatoms. The van der Waals surface area contributed by atoms with Crippen LogP contribution in [-0.2, 0) is 0 Å². The fourth-order valence-corrected chi connectivity index (χ4v) is 1.43. The molecule has 1 aromatic rings. The Balaban J connectivity index is 3.24. The van der Waals surface area contributed by atoms with Crippen molar-refractivity contribution in [2.45, 2.75) is 0 Å². The summed E-state index contributed by atoms with van der Waals surface area (Å²) in [4.78, 5) is 10.8. The van der Waals surface area contributed by atoms with Crippen molar-refractivity contribution in [1.29, 1.82) is 0 Å². The zero-order valence-electron chi connectivity index (χ0n) is 10.2. The first-order valence-electron chi connectivity index (χ1n) is 5.04. The first-order chi connectivity index (χ1) is 7.74. The molecule has 1 aromatic carbocycles. The monoisotopic (exact) mass is 263 g/mol. The second-order valence-corrected chi connectivity index (χ2v) is 3.24. The molecule has 0 aliphatic rings. The van der Waals surface area contributed by atoms with Gasteiger partial charge < -0.3 is 14.6 Å². The van der Waals surface area contributed by atoms with E-state index in [1.165, 1.54) is 19.2 Å². The van der Waals surface area contributed by atoms with Gasteiger partial charge in [-0.3, -0.25) is 0 Å². The van der Waals surface area contributed by atoms with Crippen molar-refractivity contribution in [2.75, 3.05) is 14.1 Å². The smallest absolute Gasteiger partial charge is 0.336 e. The molecule has 0 radical (unpaired) electrons. The number of halogens is 1. The lowest BCUT2D eigenvalue weighted by atomic mass is 10.2. The van der Waals surface area contributed by atoms with E-state index < -0.39 is 13.0 Å². The van der Waals surface area contributed by atoms with Crippen molar-refractivity contribution in [3.05, 3.63) is 22.2 Å². The SMILES string of the molecule is [2H]C([2H])([2H])Oc1cc(Br)c(C(=O)O)cc1OC. The second-order valence-electron chi connectivity index (χ2n) is 2.39. The Morgan fingerprint density at radius 3 is 2.64 bits per heavy atom. The van der Waals surface area contributed by atoms with Gasteiger partial charge in [-0.15, -0.1) is 0 Å². The van der Waals surface area contributed by atoms with Crippen LogP contribution in [0.4, 0.5) is 0 Å². The van der Waals surface area contributed by atoms with Crippen LogP contribution >= 0.6 is 15.9 Å². The van der Waals surface area contributed by atoms with E-state index in [2.05, 4.69) is 15.9 Å². The van der Waals surface area contributed by atoms with Crippen LogP contribution in [0.25, 0.3) is 0 Å². The average Bonchev–Trinajstić information content (AvgIpc) is 2.14. The fraction of sp³-hybridized carbons (Fsp3) is 0.222. The molecule has 0 aliphatic heterocycles. The van der Waals surface area contributed by atoms with E-state index in [1.54, 1.807) is 0 Å². The topological polar surface area (TPSA) is 55.8 Å². The number of benzene rings is 1. The standard InChI is InChI=1S/C9H9BrO4/c1-13-7-3-5(9(11)12)6(10)4-8(7)14-2/h3-4H,1-2H3,(H,11,12)/i2D3. The van der Waals surface area contributed by atoms with E-state index in [1.807, 2.05) is 0 Å². The highest BCUT2D eigenvalue weighted by molar-refractivity contribution is 9.10. The Morgan fingerprint density at radius 1 is 1.50 bits per heavy atom. The van der Waals surface area contributed by atoms with Gasteiger partial charge in [0.15, 0.2) is 11.5 Å². The third-order valence-corrected chi connectivity index (χ3v) is 2.25. The summed E-state index contributed by atoms with van der Waals surface area (Å²) in [5.41, 5.74) is -0.0419. The molecule has 0 fully saturated rings. The third-order valence-electron chi connectivity index (χ3n) is 1.59. The van der Waals surface area contributed by atoms with Crippen molar-refractivity contribution in [3.8, 4) is 11.5 Å². The number of hydrogen-bond donors (Lipinski definition) is 1. The molecule has 1 rings (SSSR count). The fourth-order valence-electron chi connectivity index (χ4n) is 0.938. The van der Waals surface area contributed by atoms with Crippen LogP contribution in [0.2, 0.25) is 0 Å². The normalized spacial score (nSPS) is 13.7. The summed E-state index contributed by atoms with van der Waals surface area (Å²) in [6.07, 6.45) is 0. The van der Waals surface area contributed by atoms with Crippen LogP contribution in [0.1, 0.15) is 14.5 Å². The highest BCUT2D eigenvalue weighted by Gasteiger charge is 2.13. The molecule has 4 nitrogen and oxygen atoms in total. The van der Waals surface area contributed by atoms with Crippen LogP contribution in [0, 0.1) is 0 Å². The minimum absolute atomic E-state index is 0.0419. The van der Waals surface area contributed by atoms with Crippen molar-refractivity contribution < 1.29 is 23.5 Å². The molecule has 0 saturated heterocycles. The quantitative estimate of drug-likeness (QED) is 0.908. The number of aromatic carboxylic acids is 1. The van der Waals surface area contributed by atoms with Crippen LogP contribution in [-0.4, -0.2) is 25.2 Å². The predicted molar refractivity (Wildman–Crippen MR) is 54.2 cm³/mol. The first kappa shape index (κ1) is 7.11. The molecular formula is C9H9BrO4. The summed E-state index contributed by atoms with van der Waals surface area (Å²) in [6.45, 7) is 0. The first-order valence-corrected chi connectivity index (χ1v) is 4.34. The molecule has 14 heavy (non-hydrogen) atoms. The minimum Gasteiger partial charge on any atom is -0.493 e. The van der Waals surface area contributed by atoms with Gasteiger partial charge in [0.25, 0.3) is 0 Å². The molecule has 0 amide bonds. The summed E-state index contributed by atoms with van der Waals surface area (Å²) in [5, 5.41) is 8.87. The van der Waals surface area contributed by atoms with Gasteiger partial charge in [-0.25, -0.2) is 4.79 Å². The van der Waals surface area contributed by atoms with E-state index in [4.69, 9.17) is 18.7 Å². The number of rotatable bonds is 3. The van der Waals surface area contributed by atoms with Gasteiger partial charge in [0, 0.05) is 4.47 Å².